The Balaban J connectivity index is 0.804. The molecule has 0 radical (unpaired) electrons. The number of hydrogen-bond donors (Lipinski definition) is 21. The van der Waals surface area contributed by atoms with Crippen molar-refractivity contribution in [2.45, 2.75) is 261 Å². The second-order valence-electron chi connectivity index (χ2n) is 35.7. The molecule has 140 heavy (non-hydrogen) atoms. The zero-order valence-electron chi connectivity index (χ0n) is 78.6. The molecular formula is C98H133N7O35. The number of benzene rings is 7. The summed E-state index contributed by atoms with van der Waals surface area (Å²) < 4.78 is 131. The van der Waals surface area contributed by atoms with Crippen LogP contribution >= 0.6 is 0 Å². The first kappa shape index (κ1) is 106. The van der Waals surface area contributed by atoms with Crippen LogP contribution in [0.3, 0.4) is 0 Å². The fourth-order valence-corrected chi connectivity index (χ4v) is 18.3. The van der Waals surface area contributed by atoms with Gasteiger partial charge in [-0.3, -0.25) is 0 Å². The Labute approximate surface area is 810 Å². The Morgan fingerprint density at radius 3 is 0.371 bits per heavy atom. The summed E-state index contributed by atoms with van der Waals surface area (Å²) in [7, 11) is 10.7. The lowest BCUT2D eigenvalue weighted by Gasteiger charge is -2.50. The molecule has 21 aliphatic rings. The van der Waals surface area contributed by atoms with Crippen LogP contribution in [0.15, 0.2) is 170 Å². The van der Waals surface area contributed by atoms with Crippen LogP contribution in [0.4, 0.5) is 0 Å². The first-order chi connectivity index (χ1) is 67.8. The van der Waals surface area contributed by atoms with E-state index in [4.69, 9.17) is 99.5 Å². The van der Waals surface area contributed by atoms with Crippen molar-refractivity contribution in [3.8, 4) is 40.2 Å². The number of ether oxygens (including phenoxy) is 21. The number of hydrogen-bond acceptors (Lipinski definition) is 42. The zero-order chi connectivity index (χ0) is 98.8. The molecule has 21 aliphatic heterocycles. The van der Waals surface area contributed by atoms with Crippen molar-refractivity contribution in [1.29, 1.82) is 0 Å². The first-order valence-electron chi connectivity index (χ1n) is 46.9. The number of nitrogens with one attached hydrogen (secondary N) is 7. The molecule has 0 amide bonds. The van der Waals surface area contributed by atoms with Gasteiger partial charge in [-0.15, -0.1) is 0 Å². The maximum Gasteiger partial charge on any atom is 0.187 e. The van der Waals surface area contributed by atoms with Crippen LogP contribution in [0, 0.1) is 0 Å². The highest BCUT2D eigenvalue weighted by molar-refractivity contribution is 5.33. The Morgan fingerprint density at radius 1 is 0.164 bits per heavy atom. The van der Waals surface area contributed by atoms with Crippen molar-refractivity contribution in [1.82, 2.24) is 37.2 Å². The van der Waals surface area contributed by atoms with Crippen LogP contribution in [0.5, 0.6) is 40.2 Å². The van der Waals surface area contributed by atoms with Crippen LogP contribution in [0.2, 0.25) is 0 Å². The maximum absolute atomic E-state index is 12.8. The molecule has 42 nitrogen and oxygen atoms in total. The fourth-order valence-electron chi connectivity index (χ4n) is 18.3. The predicted molar refractivity (Wildman–Crippen MR) is 492 cm³/mol. The lowest BCUT2D eigenvalue weighted by atomic mass is 9.94. The normalized spacial score (nSPS) is 35.5. The van der Waals surface area contributed by atoms with E-state index in [2.05, 4.69) is 37.2 Å². The summed E-state index contributed by atoms with van der Waals surface area (Å²) in [5.74, 6) is 4.00. The van der Waals surface area contributed by atoms with E-state index in [1.54, 1.807) is 170 Å². The van der Waals surface area contributed by atoms with E-state index in [1.165, 1.54) is 49.8 Å². The highest BCUT2D eigenvalue weighted by Gasteiger charge is 2.60. The zero-order valence-corrected chi connectivity index (χ0v) is 78.6. The summed E-state index contributed by atoms with van der Waals surface area (Å²) in [5.41, 5.74) is 5.24. The van der Waals surface area contributed by atoms with Crippen molar-refractivity contribution < 1.29 is 171 Å². The maximum atomic E-state index is 12.8. The third kappa shape index (κ3) is 26.3. The molecule has 35 atom stereocenters. The second-order valence-corrected chi connectivity index (χ2v) is 35.7. The van der Waals surface area contributed by atoms with Gasteiger partial charge in [0, 0.05) is 91.6 Å². The van der Waals surface area contributed by atoms with Crippen LogP contribution in [0.25, 0.3) is 0 Å². The lowest BCUT2D eigenvalue weighted by molar-refractivity contribution is -0.392. The summed E-state index contributed by atoms with van der Waals surface area (Å²) in [6, 6.07) is 49.6. The molecule has 21 saturated heterocycles. The molecule has 770 valence electrons. The molecule has 14 bridgehead atoms. The van der Waals surface area contributed by atoms with Crippen LogP contribution in [-0.4, -0.2) is 382 Å². The molecule has 0 saturated carbocycles. The first-order valence-corrected chi connectivity index (χ1v) is 46.9. The van der Waals surface area contributed by atoms with Gasteiger partial charge < -0.3 is 208 Å². The molecule has 0 spiro atoms. The second kappa shape index (κ2) is 50.5. The molecule has 21 N–H and O–H groups in total. The largest absolute Gasteiger partial charge is 0.497 e. The van der Waals surface area contributed by atoms with Crippen molar-refractivity contribution in [2.24, 2.45) is 0 Å². The Kier molecular flexibility index (Phi) is 38.2. The summed E-state index contributed by atoms with van der Waals surface area (Å²) in [6.45, 7) is -0.727. The third-order valence-corrected chi connectivity index (χ3v) is 26.4. The van der Waals surface area contributed by atoms with Gasteiger partial charge in [0.25, 0.3) is 0 Å². The van der Waals surface area contributed by atoms with Crippen LogP contribution < -0.4 is 70.4 Å². The third-order valence-electron chi connectivity index (χ3n) is 26.4. The summed E-state index contributed by atoms with van der Waals surface area (Å²) >= 11 is 0. The number of rotatable bonds is 35. The SMILES string of the molecule is COc1ccc(CNC[C@H]2O[C@@H]3O[C@H]4[C@H](O)[C@@H](O)[C@@H](O[C@H]5[C@H](O)[C@@H](O)[C@@H](O[C@H]6[C@H](O)[C@@H](O)[C@@H](O[C@H]7[C@H](O)[C@@H](O)[C@@H](O[C@H]8[C@H](O)[C@@H](O)[C@@H](O[C@H]9[C@H](O)[C@@H](O)[C@@H](O[C@H]2[C@H](O)[C@H]3O)O[C@@H]9CNCc2ccc(OC)cc2)O[C@@H]8CNCc2ccc(OC)cc2)O[C@@H]7CNCc2ccc(OC)cc2)O[C@@H]6CNCc2ccc(OC)cc2)O[C@@H]5CNCc2ccc(OC)cc2)O[C@@H]4CNCc2ccc(OC)cc2)cc1. The number of aliphatic hydroxyl groups is 14. The molecule has 7 aromatic rings. The Hall–Kier alpha value is -8.26. The summed E-state index contributed by atoms with van der Waals surface area (Å²) in [5, 5.41) is 201. The molecule has 7 aromatic carbocycles. The number of methoxy groups -OCH3 is 7. The molecule has 0 unspecified atom stereocenters. The van der Waals surface area contributed by atoms with Gasteiger partial charge in [0.1, 0.15) is 211 Å². The predicted octanol–water partition coefficient (Wildman–Crippen LogP) is -2.59. The van der Waals surface area contributed by atoms with E-state index in [9.17, 15) is 71.5 Å². The van der Waals surface area contributed by atoms with Crippen molar-refractivity contribution in [2.75, 3.05) is 95.6 Å². The minimum atomic E-state index is -2.14. The van der Waals surface area contributed by atoms with Crippen molar-refractivity contribution >= 4 is 0 Å². The average molecular weight is 1970 g/mol. The Morgan fingerprint density at radius 2 is 0.271 bits per heavy atom. The van der Waals surface area contributed by atoms with Gasteiger partial charge in [-0.1, -0.05) is 84.9 Å². The standard InChI is InChI=1S/C98H133N7O35/c1-120-57-22-8-50(9-23-57)36-99-43-64-85-71(106)78(113)92(127-64)135-86-65(44-100-37-51-10-24-58(121-2)25-11-51)129-94(80(115)73(86)108)137-88-67(46-102-39-53-14-28-60(123-4)29-15-53)131-96(82(117)75(88)110)139-90-69(48-104-41-55-18-32-62(125-6)33-19-55)133-98(84(119)77(90)112)140-91-70(49-105-42-56-20-34-63(126-7)35-21-56)132-97(83(118)76(91)111)138-89-68(47-103-40-54-16-30-61(124-5)31-17-54)130-95(81(116)74(89)109)136-87-66(128-93(134-85)79(114)72(87)107)45-101-38-52-12-26-59(122-3)27-13-52/h8-35,64-119H,36-49H2,1-7H3/t64-,65-,66-,67-,68-,69-,70-,71-,72-,73-,74-,75-,76-,77-,78-,79-,80-,81-,82-,83-,84-,85-,86-,87-,88-,89-,90-,91-,92-,93-,94-,95-,96-,97-,98-/m1/s1. The molecular weight excluding hydrogens is 1840 g/mol. The fraction of sp³-hybridized carbons (Fsp3) is 0.571. The van der Waals surface area contributed by atoms with Gasteiger partial charge in [-0.25, -0.2) is 0 Å². The minimum absolute atomic E-state index is 0.142. The average Bonchev–Trinajstić information content (AvgIpc) is 0.778. The molecule has 42 heteroatoms. The van der Waals surface area contributed by atoms with E-state index in [0.717, 1.165) is 38.9 Å². The molecule has 21 heterocycles. The molecule has 0 aliphatic carbocycles. The van der Waals surface area contributed by atoms with E-state index in [0.29, 0.717) is 40.2 Å². The van der Waals surface area contributed by atoms with Crippen molar-refractivity contribution in [3.63, 3.8) is 0 Å². The van der Waals surface area contributed by atoms with Crippen LogP contribution in [-0.2, 0) is 112 Å². The van der Waals surface area contributed by atoms with E-state index in [1.807, 2.05) is 0 Å². The topological polar surface area (TPSA) is 561 Å². The monoisotopic (exact) mass is 1970 g/mol. The van der Waals surface area contributed by atoms with Crippen LogP contribution in [0.1, 0.15) is 38.9 Å². The van der Waals surface area contributed by atoms with E-state index < -0.39 is 215 Å². The van der Waals surface area contributed by atoms with Gasteiger partial charge in [0.2, 0.25) is 0 Å². The number of aliphatic hydroxyl groups excluding tert-OH is 14. The van der Waals surface area contributed by atoms with Gasteiger partial charge in [0.05, 0.1) is 49.8 Å². The van der Waals surface area contributed by atoms with E-state index >= 15 is 0 Å². The van der Waals surface area contributed by atoms with E-state index in [-0.39, 0.29) is 91.6 Å². The highest BCUT2D eigenvalue weighted by atomic mass is 16.8. The van der Waals surface area contributed by atoms with Gasteiger partial charge in [-0.2, -0.15) is 0 Å². The quantitative estimate of drug-likeness (QED) is 0.0194. The molecule has 28 rings (SSSR count). The minimum Gasteiger partial charge on any atom is -0.497 e. The summed E-state index contributed by atoms with van der Waals surface area (Å²) in [6.07, 6.45) is -65.4. The van der Waals surface area contributed by atoms with Gasteiger partial charge in [0.15, 0.2) is 44.0 Å². The molecule has 0 aromatic heterocycles. The van der Waals surface area contributed by atoms with Crippen molar-refractivity contribution in [3.05, 3.63) is 209 Å². The highest BCUT2D eigenvalue weighted by Crippen LogP contribution is 2.41. The molecule has 21 fully saturated rings. The van der Waals surface area contributed by atoms with Gasteiger partial charge >= 0.3 is 0 Å². The lowest BCUT2D eigenvalue weighted by Crippen LogP contribution is -2.69. The summed E-state index contributed by atoms with van der Waals surface area (Å²) in [4.78, 5) is 0. The van der Waals surface area contributed by atoms with Gasteiger partial charge in [-0.05, 0) is 124 Å². The smallest absolute Gasteiger partial charge is 0.187 e. The Bertz CT molecular complexity index is 4000.